The third-order valence-electron chi connectivity index (χ3n) is 4.73. The molecule has 3 atom stereocenters. The van der Waals surface area contributed by atoms with Crippen LogP contribution in [0.3, 0.4) is 0 Å². The second-order valence-corrected chi connectivity index (χ2v) is 7.55. The Balaban J connectivity index is 1.97. The minimum atomic E-state index is 0.232. The highest BCUT2D eigenvalue weighted by atomic mass is 32.2. The lowest BCUT2D eigenvalue weighted by Crippen LogP contribution is -2.42. The molecule has 0 saturated carbocycles. The van der Waals surface area contributed by atoms with E-state index in [9.17, 15) is 4.79 Å². The summed E-state index contributed by atoms with van der Waals surface area (Å²) < 4.78 is 0. The molecule has 2 heterocycles. The number of thioether (sulfide) groups is 1. The van der Waals surface area contributed by atoms with Crippen LogP contribution in [0.15, 0.2) is 0 Å². The number of rotatable bonds is 3. The molecular formula is C15H28N2OS. The van der Waals surface area contributed by atoms with E-state index in [2.05, 4.69) is 30.7 Å². The van der Waals surface area contributed by atoms with E-state index in [0.717, 1.165) is 31.8 Å². The maximum absolute atomic E-state index is 12.7. The molecule has 2 aliphatic heterocycles. The quantitative estimate of drug-likeness (QED) is 0.795. The van der Waals surface area contributed by atoms with Gasteiger partial charge in [-0.05, 0) is 45.5 Å². The molecule has 0 aromatic heterocycles. The minimum Gasteiger partial charge on any atom is -0.341 e. The third kappa shape index (κ3) is 3.66. The van der Waals surface area contributed by atoms with Crippen molar-refractivity contribution in [3.8, 4) is 0 Å². The summed E-state index contributed by atoms with van der Waals surface area (Å²) in [6.07, 6.45) is 4.78. The highest BCUT2D eigenvalue weighted by Crippen LogP contribution is 2.28. The number of carbonyl (C=O) groups is 1. The summed E-state index contributed by atoms with van der Waals surface area (Å²) in [5, 5.41) is 0.658. The van der Waals surface area contributed by atoms with Gasteiger partial charge >= 0.3 is 0 Å². The SMILES string of the molecule is CCSC1CCCCN(C(=O)[C@@H]2CCN(C)[C@@H]2C)C1. The molecule has 1 unspecified atom stereocenters. The molecule has 0 N–H and O–H groups in total. The molecule has 0 spiro atoms. The van der Waals surface area contributed by atoms with E-state index in [0.29, 0.717) is 17.2 Å². The average Bonchev–Trinajstić information content (AvgIpc) is 2.62. The fourth-order valence-corrected chi connectivity index (χ4v) is 4.42. The molecule has 0 radical (unpaired) electrons. The van der Waals surface area contributed by atoms with E-state index in [-0.39, 0.29) is 5.92 Å². The first-order valence-electron chi connectivity index (χ1n) is 7.74. The van der Waals surface area contributed by atoms with E-state index < -0.39 is 0 Å². The predicted molar refractivity (Wildman–Crippen MR) is 82.6 cm³/mol. The van der Waals surface area contributed by atoms with Crippen molar-refractivity contribution in [2.45, 2.75) is 50.8 Å². The molecule has 2 saturated heterocycles. The smallest absolute Gasteiger partial charge is 0.227 e. The molecule has 2 aliphatic rings. The van der Waals surface area contributed by atoms with Crippen molar-refractivity contribution in [2.24, 2.45) is 5.92 Å². The highest BCUT2D eigenvalue weighted by Gasteiger charge is 2.36. The van der Waals surface area contributed by atoms with Gasteiger partial charge in [-0.1, -0.05) is 13.3 Å². The molecule has 0 aliphatic carbocycles. The number of amides is 1. The topological polar surface area (TPSA) is 23.6 Å². The normalized spacial score (nSPS) is 33.4. The van der Waals surface area contributed by atoms with Crippen molar-refractivity contribution in [3.05, 3.63) is 0 Å². The van der Waals surface area contributed by atoms with Crippen molar-refractivity contribution < 1.29 is 4.79 Å². The van der Waals surface area contributed by atoms with Gasteiger partial charge in [0.1, 0.15) is 0 Å². The van der Waals surface area contributed by atoms with Crippen LogP contribution in [0.4, 0.5) is 0 Å². The third-order valence-corrected chi connectivity index (χ3v) is 5.92. The zero-order valence-corrected chi connectivity index (χ0v) is 13.4. The van der Waals surface area contributed by atoms with Crippen LogP contribution in [0.1, 0.15) is 39.5 Å². The molecule has 2 fully saturated rings. The van der Waals surface area contributed by atoms with Crippen LogP contribution >= 0.6 is 11.8 Å². The van der Waals surface area contributed by atoms with Crippen molar-refractivity contribution >= 4 is 17.7 Å². The van der Waals surface area contributed by atoms with Gasteiger partial charge in [-0.3, -0.25) is 4.79 Å². The molecule has 0 aromatic rings. The molecule has 2 rings (SSSR count). The van der Waals surface area contributed by atoms with Gasteiger partial charge in [-0.2, -0.15) is 11.8 Å². The first-order chi connectivity index (χ1) is 9.13. The second-order valence-electron chi connectivity index (χ2n) is 5.97. The largest absolute Gasteiger partial charge is 0.341 e. The Morgan fingerprint density at radius 3 is 2.68 bits per heavy atom. The number of likely N-dealkylation sites (tertiary alicyclic amines) is 2. The van der Waals surface area contributed by atoms with Crippen molar-refractivity contribution in [1.29, 1.82) is 0 Å². The van der Waals surface area contributed by atoms with Crippen LogP contribution in [0.2, 0.25) is 0 Å². The van der Waals surface area contributed by atoms with E-state index in [4.69, 9.17) is 0 Å². The fraction of sp³-hybridized carbons (Fsp3) is 0.933. The number of carbonyl (C=O) groups excluding carboxylic acids is 1. The predicted octanol–water partition coefficient (Wildman–Crippen LogP) is 2.46. The Hall–Kier alpha value is -0.220. The summed E-state index contributed by atoms with van der Waals surface area (Å²) in [4.78, 5) is 17.2. The summed E-state index contributed by atoms with van der Waals surface area (Å²) in [6.45, 7) is 7.44. The highest BCUT2D eigenvalue weighted by molar-refractivity contribution is 7.99. The van der Waals surface area contributed by atoms with Gasteiger partial charge in [0.2, 0.25) is 5.91 Å². The maximum Gasteiger partial charge on any atom is 0.227 e. The Kier molecular flexibility index (Phi) is 5.58. The molecule has 0 aromatic carbocycles. The second kappa shape index (κ2) is 6.98. The van der Waals surface area contributed by atoms with Crippen molar-refractivity contribution in [1.82, 2.24) is 9.80 Å². The zero-order valence-electron chi connectivity index (χ0n) is 12.6. The van der Waals surface area contributed by atoms with Crippen LogP contribution in [-0.2, 0) is 4.79 Å². The van der Waals surface area contributed by atoms with Gasteiger partial charge < -0.3 is 9.80 Å². The van der Waals surface area contributed by atoms with Crippen LogP contribution in [0.5, 0.6) is 0 Å². The summed E-state index contributed by atoms with van der Waals surface area (Å²) >= 11 is 2.03. The van der Waals surface area contributed by atoms with Gasteiger partial charge in [-0.25, -0.2) is 0 Å². The number of hydrogen-bond acceptors (Lipinski definition) is 3. The van der Waals surface area contributed by atoms with Gasteiger partial charge in [0.05, 0.1) is 5.92 Å². The standard InChI is InChI=1S/C15H28N2OS/c1-4-19-13-7-5-6-9-17(11-13)15(18)14-8-10-16(3)12(14)2/h12-14H,4-11H2,1-3H3/t12-,13?,14-/m1/s1. The first kappa shape index (κ1) is 15.2. The molecule has 3 nitrogen and oxygen atoms in total. The van der Waals surface area contributed by atoms with Crippen LogP contribution in [0, 0.1) is 5.92 Å². The lowest BCUT2D eigenvalue weighted by atomic mass is 10.00. The average molecular weight is 284 g/mol. The van der Waals surface area contributed by atoms with Crippen LogP contribution in [0.25, 0.3) is 0 Å². The van der Waals surface area contributed by atoms with Crippen LogP contribution < -0.4 is 0 Å². The Morgan fingerprint density at radius 2 is 2.05 bits per heavy atom. The molecule has 4 heteroatoms. The van der Waals surface area contributed by atoms with E-state index >= 15 is 0 Å². The minimum absolute atomic E-state index is 0.232. The van der Waals surface area contributed by atoms with E-state index in [1.54, 1.807) is 0 Å². The van der Waals surface area contributed by atoms with Gasteiger partial charge in [0.15, 0.2) is 0 Å². The molecule has 0 bridgehead atoms. The summed E-state index contributed by atoms with van der Waals surface area (Å²) in [7, 11) is 2.14. The zero-order chi connectivity index (χ0) is 13.8. The summed E-state index contributed by atoms with van der Waals surface area (Å²) in [6, 6.07) is 0.410. The molecular weight excluding hydrogens is 256 g/mol. The summed E-state index contributed by atoms with van der Waals surface area (Å²) in [5.74, 6) is 1.81. The molecule has 1 amide bonds. The maximum atomic E-state index is 12.7. The van der Waals surface area contributed by atoms with Gasteiger partial charge in [0.25, 0.3) is 0 Å². The van der Waals surface area contributed by atoms with Crippen LogP contribution in [-0.4, -0.2) is 59.4 Å². The Labute approximate surface area is 122 Å². The first-order valence-corrected chi connectivity index (χ1v) is 8.79. The lowest BCUT2D eigenvalue weighted by Gasteiger charge is -2.29. The molecule has 110 valence electrons. The lowest BCUT2D eigenvalue weighted by molar-refractivity contribution is -0.136. The number of nitrogens with zero attached hydrogens (tertiary/aromatic N) is 2. The Bertz CT molecular complexity index is 311. The van der Waals surface area contributed by atoms with Crippen molar-refractivity contribution in [2.75, 3.05) is 32.4 Å². The summed E-state index contributed by atoms with van der Waals surface area (Å²) in [5.41, 5.74) is 0. The van der Waals surface area contributed by atoms with E-state index in [1.807, 2.05) is 11.8 Å². The van der Waals surface area contributed by atoms with Gasteiger partial charge in [-0.15, -0.1) is 0 Å². The van der Waals surface area contributed by atoms with Crippen molar-refractivity contribution in [3.63, 3.8) is 0 Å². The van der Waals surface area contributed by atoms with Gasteiger partial charge in [0, 0.05) is 24.4 Å². The fourth-order valence-electron chi connectivity index (χ4n) is 3.33. The number of hydrogen-bond donors (Lipinski definition) is 0. The van der Waals surface area contributed by atoms with E-state index in [1.165, 1.54) is 19.3 Å². The monoisotopic (exact) mass is 284 g/mol. The molecule has 19 heavy (non-hydrogen) atoms. The Morgan fingerprint density at radius 1 is 1.26 bits per heavy atom.